The van der Waals surface area contributed by atoms with Crippen LogP contribution in [-0.4, -0.2) is 35.8 Å². The van der Waals surface area contributed by atoms with E-state index >= 15 is 0 Å². The lowest BCUT2D eigenvalue weighted by atomic mass is 10.1. The molecule has 0 saturated heterocycles. The molecule has 1 heterocycles. The number of benzene rings is 1. The van der Waals surface area contributed by atoms with Gasteiger partial charge in [-0.05, 0) is 30.3 Å². The number of carboxylic acid groups (broad SMARTS) is 1. The average molecular weight is 373 g/mol. The first kappa shape index (κ1) is 19.5. The van der Waals surface area contributed by atoms with Gasteiger partial charge in [0.25, 0.3) is 5.91 Å². The van der Waals surface area contributed by atoms with Gasteiger partial charge in [-0.2, -0.15) is 5.10 Å². The van der Waals surface area contributed by atoms with Crippen LogP contribution in [0, 0.1) is 0 Å². The van der Waals surface area contributed by atoms with Crippen LogP contribution in [0.2, 0.25) is 0 Å². The summed E-state index contributed by atoms with van der Waals surface area (Å²) in [5.41, 5.74) is 0.923. The van der Waals surface area contributed by atoms with Crippen molar-refractivity contribution in [2.45, 2.75) is 12.5 Å². The zero-order valence-electron chi connectivity index (χ0n) is 14.2. The summed E-state index contributed by atoms with van der Waals surface area (Å²) >= 11 is 0. The molecule has 1 aromatic heterocycles. The highest BCUT2D eigenvalue weighted by atomic mass is 16.4. The number of rotatable bonds is 9. The zero-order valence-corrected chi connectivity index (χ0v) is 14.2. The van der Waals surface area contributed by atoms with E-state index in [1.165, 1.54) is 12.6 Å². The molecule has 0 saturated carbocycles. The molecule has 6 N–H and O–H groups in total. The Balaban J connectivity index is 1.92. The van der Waals surface area contributed by atoms with Crippen LogP contribution in [0.4, 0.5) is 5.69 Å². The lowest BCUT2D eigenvalue weighted by Gasteiger charge is -2.15. The van der Waals surface area contributed by atoms with E-state index in [-0.39, 0.29) is 13.0 Å². The molecule has 2 amide bonds. The second-order valence-corrected chi connectivity index (χ2v) is 5.42. The first-order valence-electron chi connectivity index (χ1n) is 7.90. The van der Waals surface area contributed by atoms with Gasteiger partial charge in [0.2, 0.25) is 5.91 Å². The van der Waals surface area contributed by atoms with Crippen molar-refractivity contribution in [3.63, 3.8) is 0 Å². The molecule has 10 heteroatoms. The van der Waals surface area contributed by atoms with Gasteiger partial charge < -0.3 is 31.3 Å². The first-order chi connectivity index (χ1) is 13.0. The summed E-state index contributed by atoms with van der Waals surface area (Å²) in [6.07, 6.45) is 2.31. The number of nitrogens with zero attached hydrogens (tertiary/aromatic N) is 1. The minimum absolute atomic E-state index is 0.317. The minimum atomic E-state index is -1.09. The van der Waals surface area contributed by atoms with Crippen molar-refractivity contribution in [1.29, 1.82) is 0 Å². The Kier molecular flexibility index (Phi) is 6.94. The number of hydrogen-bond donors (Lipinski definition) is 5. The molecule has 27 heavy (non-hydrogen) atoms. The first-order valence-corrected chi connectivity index (χ1v) is 7.90. The predicted molar refractivity (Wildman–Crippen MR) is 96.9 cm³/mol. The molecule has 1 unspecified atom stereocenters. The Labute approximate surface area is 154 Å². The molecule has 2 rings (SSSR count). The summed E-state index contributed by atoms with van der Waals surface area (Å²) in [7, 11) is 0. The molecule has 0 bridgehead atoms. The van der Waals surface area contributed by atoms with Crippen molar-refractivity contribution in [3.05, 3.63) is 54.0 Å². The largest absolute Gasteiger partial charge is 0.481 e. The highest BCUT2D eigenvalue weighted by Crippen LogP contribution is 2.17. The van der Waals surface area contributed by atoms with Crippen LogP contribution in [0.15, 0.2) is 52.2 Å². The van der Waals surface area contributed by atoms with Crippen molar-refractivity contribution in [1.82, 2.24) is 10.6 Å². The van der Waals surface area contributed by atoms with Crippen molar-refractivity contribution in [2.24, 2.45) is 10.9 Å². The summed E-state index contributed by atoms with van der Waals surface area (Å²) in [5.74, 6) is 3.21. The van der Waals surface area contributed by atoms with E-state index in [4.69, 9.17) is 15.4 Å². The summed E-state index contributed by atoms with van der Waals surface area (Å²) in [6.45, 7) is -0.322. The van der Waals surface area contributed by atoms with E-state index < -0.39 is 23.8 Å². The maximum atomic E-state index is 12.2. The summed E-state index contributed by atoms with van der Waals surface area (Å²) < 4.78 is 5.15. The Morgan fingerprint density at radius 1 is 1.26 bits per heavy atom. The predicted octanol–water partition coefficient (Wildman–Crippen LogP) is 0.656. The molecule has 0 spiro atoms. The quantitative estimate of drug-likeness (QED) is 0.187. The van der Waals surface area contributed by atoms with Crippen molar-refractivity contribution < 1.29 is 23.9 Å². The van der Waals surface area contributed by atoms with Crippen LogP contribution in [0.3, 0.4) is 0 Å². The fourth-order valence-electron chi connectivity index (χ4n) is 2.26. The van der Waals surface area contributed by atoms with Crippen LogP contribution in [-0.2, 0) is 9.59 Å². The van der Waals surface area contributed by atoms with Gasteiger partial charge in [0, 0.05) is 11.3 Å². The van der Waals surface area contributed by atoms with Crippen LogP contribution >= 0.6 is 0 Å². The Morgan fingerprint density at radius 3 is 2.74 bits per heavy atom. The van der Waals surface area contributed by atoms with E-state index in [1.807, 2.05) is 0 Å². The van der Waals surface area contributed by atoms with Gasteiger partial charge in [0.1, 0.15) is 12.1 Å². The van der Waals surface area contributed by atoms with Crippen molar-refractivity contribution in [3.8, 4) is 0 Å². The average Bonchev–Trinajstić information content (AvgIpc) is 3.18. The Hall–Kier alpha value is -3.82. The van der Waals surface area contributed by atoms with Crippen LogP contribution in [0.25, 0.3) is 0 Å². The summed E-state index contributed by atoms with van der Waals surface area (Å²) in [6, 6.07) is 8.83. The van der Waals surface area contributed by atoms with Crippen LogP contribution in [0.5, 0.6) is 0 Å². The third kappa shape index (κ3) is 6.20. The van der Waals surface area contributed by atoms with Gasteiger partial charge in [-0.3, -0.25) is 14.4 Å². The normalized spacial score (nSPS) is 11.7. The fraction of sp³-hybridized carbons (Fsp3) is 0.176. The third-order valence-corrected chi connectivity index (χ3v) is 3.44. The van der Waals surface area contributed by atoms with Crippen molar-refractivity contribution >= 4 is 29.8 Å². The third-order valence-electron chi connectivity index (χ3n) is 3.44. The number of hydrazone groups is 1. The number of carbonyl (C=O) groups excluding carboxylic acids is 2. The molecule has 0 aliphatic rings. The highest BCUT2D eigenvalue weighted by molar-refractivity contribution is 5.97. The van der Waals surface area contributed by atoms with Crippen LogP contribution < -0.4 is 21.8 Å². The second-order valence-electron chi connectivity index (χ2n) is 5.42. The number of carbonyl (C=O) groups is 3. The molecule has 1 aromatic carbocycles. The standard InChI is InChI=1S/C17H19N5O5/c18-21-10-20-12-4-1-3-11(7-12)17(26)19-9-15(23)22-13(8-16(24)25)14-5-2-6-27-14/h1-7,10,13H,8-9,18H2,(H,19,26)(H,20,21)(H,22,23)(H,24,25). The molecule has 0 fully saturated rings. The number of anilines is 1. The number of hydrogen-bond acceptors (Lipinski definition) is 6. The van der Waals surface area contributed by atoms with E-state index in [1.54, 1.807) is 36.4 Å². The minimum Gasteiger partial charge on any atom is -0.481 e. The SMILES string of the molecule is NN=CNc1cccc(C(=O)NCC(=O)NC(CC(=O)O)c2ccco2)c1. The molecule has 1 atom stereocenters. The maximum absolute atomic E-state index is 12.2. The summed E-state index contributed by atoms with van der Waals surface area (Å²) in [5, 5.41) is 20.0. The number of aliphatic carboxylic acids is 1. The van der Waals surface area contributed by atoms with E-state index in [0.717, 1.165) is 0 Å². The molecule has 0 radical (unpaired) electrons. The molecular formula is C17H19N5O5. The molecule has 0 aliphatic heterocycles. The van der Waals surface area contributed by atoms with Gasteiger partial charge in [0.05, 0.1) is 25.3 Å². The highest BCUT2D eigenvalue weighted by Gasteiger charge is 2.20. The van der Waals surface area contributed by atoms with Gasteiger partial charge in [-0.25, -0.2) is 0 Å². The van der Waals surface area contributed by atoms with E-state index in [2.05, 4.69) is 21.1 Å². The maximum Gasteiger partial charge on any atom is 0.305 e. The lowest BCUT2D eigenvalue weighted by molar-refractivity contribution is -0.138. The molecular weight excluding hydrogens is 354 g/mol. The Morgan fingerprint density at radius 2 is 2.07 bits per heavy atom. The van der Waals surface area contributed by atoms with Crippen molar-refractivity contribution in [2.75, 3.05) is 11.9 Å². The number of carboxylic acids is 1. The van der Waals surface area contributed by atoms with Crippen LogP contribution in [0.1, 0.15) is 28.6 Å². The number of nitrogens with two attached hydrogens (primary N) is 1. The number of amides is 2. The second kappa shape index (κ2) is 9.61. The molecule has 142 valence electrons. The lowest BCUT2D eigenvalue weighted by Crippen LogP contribution is -2.39. The number of furan rings is 1. The van der Waals surface area contributed by atoms with Gasteiger partial charge >= 0.3 is 5.97 Å². The Bertz CT molecular complexity index is 819. The van der Waals surface area contributed by atoms with E-state index in [0.29, 0.717) is 17.0 Å². The monoisotopic (exact) mass is 373 g/mol. The van der Waals surface area contributed by atoms with Gasteiger partial charge in [-0.1, -0.05) is 6.07 Å². The number of nitrogens with one attached hydrogen (secondary N) is 3. The smallest absolute Gasteiger partial charge is 0.305 e. The molecule has 10 nitrogen and oxygen atoms in total. The fourth-order valence-corrected chi connectivity index (χ4v) is 2.26. The topological polar surface area (TPSA) is 159 Å². The van der Waals surface area contributed by atoms with Gasteiger partial charge in [-0.15, -0.1) is 0 Å². The molecule has 2 aromatic rings. The molecule has 0 aliphatic carbocycles. The summed E-state index contributed by atoms with van der Waals surface area (Å²) in [4.78, 5) is 35.2. The zero-order chi connectivity index (χ0) is 19.6. The van der Waals surface area contributed by atoms with Gasteiger partial charge in [0.15, 0.2) is 0 Å². The van der Waals surface area contributed by atoms with E-state index in [9.17, 15) is 14.4 Å².